The number of aryl methyl sites for hydroxylation is 2. The number of ether oxygens (including phenoxy) is 1. The van der Waals surface area contributed by atoms with E-state index >= 15 is 0 Å². The molecule has 124 valence electrons. The van der Waals surface area contributed by atoms with E-state index < -0.39 is 0 Å². The Morgan fingerprint density at radius 3 is 2.65 bits per heavy atom. The first-order valence-electron chi connectivity index (χ1n) is 7.79. The van der Waals surface area contributed by atoms with Gasteiger partial charge in [-0.2, -0.15) is 0 Å². The van der Waals surface area contributed by atoms with Crippen LogP contribution < -0.4 is 15.4 Å². The smallest absolute Gasteiger partial charge is 0.191 e. The van der Waals surface area contributed by atoms with Crippen molar-refractivity contribution in [3.05, 3.63) is 45.9 Å². The van der Waals surface area contributed by atoms with Crippen molar-refractivity contribution in [2.75, 3.05) is 19.7 Å². The molecule has 0 saturated carbocycles. The predicted molar refractivity (Wildman–Crippen MR) is 96.3 cm³/mol. The van der Waals surface area contributed by atoms with Gasteiger partial charge in [-0.05, 0) is 32.9 Å². The molecule has 0 bridgehead atoms. The highest BCUT2D eigenvalue weighted by Crippen LogP contribution is 2.13. The summed E-state index contributed by atoms with van der Waals surface area (Å²) >= 11 is 1.64. The van der Waals surface area contributed by atoms with E-state index in [9.17, 15) is 0 Å². The lowest BCUT2D eigenvalue weighted by atomic mass is 10.2. The molecule has 2 N–H and O–H groups in total. The van der Waals surface area contributed by atoms with Crippen LogP contribution in [0, 0.1) is 13.8 Å². The summed E-state index contributed by atoms with van der Waals surface area (Å²) in [6.07, 6.45) is 0. The van der Waals surface area contributed by atoms with Gasteiger partial charge in [0.05, 0.1) is 24.3 Å². The third kappa shape index (κ3) is 5.90. The minimum absolute atomic E-state index is 0.590. The Morgan fingerprint density at radius 1 is 1.22 bits per heavy atom. The van der Waals surface area contributed by atoms with Crippen LogP contribution in [0.2, 0.25) is 0 Å². The van der Waals surface area contributed by atoms with E-state index in [2.05, 4.69) is 34.5 Å². The Balaban J connectivity index is 1.77. The highest BCUT2D eigenvalue weighted by Gasteiger charge is 2.02. The van der Waals surface area contributed by atoms with Crippen LogP contribution in [0.4, 0.5) is 0 Å². The molecule has 1 aromatic carbocycles. The molecular weight excluding hydrogens is 308 g/mol. The average Bonchev–Trinajstić information content (AvgIpc) is 2.96. The Labute approximate surface area is 141 Å². The number of aromatic nitrogens is 1. The zero-order valence-corrected chi connectivity index (χ0v) is 14.7. The zero-order valence-electron chi connectivity index (χ0n) is 13.9. The van der Waals surface area contributed by atoms with Gasteiger partial charge in [0.1, 0.15) is 12.4 Å². The van der Waals surface area contributed by atoms with Crippen LogP contribution in [0.25, 0.3) is 0 Å². The molecular formula is C17H24N4OS. The number of aliphatic imine (C=N–C) groups is 1. The van der Waals surface area contributed by atoms with Crippen molar-refractivity contribution in [3.8, 4) is 5.75 Å². The minimum atomic E-state index is 0.590. The fourth-order valence-electron chi connectivity index (χ4n) is 1.94. The normalized spacial score (nSPS) is 11.3. The average molecular weight is 332 g/mol. The molecule has 0 unspecified atom stereocenters. The number of hydrogen-bond acceptors (Lipinski definition) is 4. The molecule has 5 nitrogen and oxygen atoms in total. The monoisotopic (exact) mass is 332 g/mol. The van der Waals surface area contributed by atoms with Crippen molar-refractivity contribution >= 4 is 17.3 Å². The summed E-state index contributed by atoms with van der Waals surface area (Å²) < 4.78 is 5.71. The molecule has 1 aromatic heterocycles. The molecule has 23 heavy (non-hydrogen) atoms. The number of thiazole rings is 1. The van der Waals surface area contributed by atoms with Crippen LogP contribution in [-0.2, 0) is 6.54 Å². The van der Waals surface area contributed by atoms with E-state index in [1.807, 2.05) is 36.7 Å². The number of nitrogens with zero attached hydrogens (tertiary/aromatic N) is 2. The van der Waals surface area contributed by atoms with Crippen molar-refractivity contribution in [2.24, 2.45) is 4.99 Å². The molecule has 2 rings (SSSR count). The van der Waals surface area contributed by atoms with E-state index in [1.165, 1.54) is 10.4 Å². The molecule has 0 radical (unpaired) electrons. The van der Waals surface area contributed by atoms with Crippen molar-refractivity contribution in [2.45, 2.75) is 27.3 Å². The topological polar surface area (TPSA) is 58.5 Å². The Kier molecular flexibility index (Phi) is 6.87. The highest BCUT2D eigenvalue weighted by molar-refractivity contribution is 7.09. The second kappa shape index (κ2) is 9.15. The number of benzene rings is 1. The lowest BCUT2D eigenvalue weighted by Gasteiger charge is -2.12. The van der Waals surface area contributed by atoms with Gasteiger partial charge in [-0.15, -0.1) is 11.3 Å². The molecule has 0 fully saturated rings. The minimum Gasteiger partial charge on any atom is -0.492 e. The van der Waals surface area contributed by atoms with Crippen LogP contribution >= 0.6 is 11.3 Å². The molecule has 1 heterocycles. The van der Waals surface area contributed by atoms with Gasteiger partial charge in [-0.3, -0.25) is 0 Å². The largest absolute Gasteiger partial charge is 0.492 e. The van der Waals surface area contributed by atoms with Gasteiger partial charge >= 0.3 is 0 Å². The molecule has 6 heteroatoms. The highest BCUT2D eigenvalue weighted by atomic mass is 32.1. The summed E-state index contributed by atoms with van der Waals surface area (Å²) in [7, 11) is 0. The third-order valence-electron chi connectivity index (χ3n) is 3.25. The first-order chi connectivity index (χ1) is 11.2. The van der Waals surface area contributed by atoms with Crippen molar-refractivity contribution in [1.29, 1.82) is 0 Å². The summed E-state index contributed by atoms with van der Waals surface area (Å²) in [4.78, 5) is 10.0. The van der Waals surface area contributed by atoms with Crippen LogP contribution in [0.5, 0.6) is 5.75 Å². The van der Waals surface area contributed by atoms with E-state index in [0.29, 0.717) is 19.7 Å². The molecule has 0 aliphatic rings. The fourth-order valence-corrected chi connectivity index (χ4v) is 2.64. The van der Waals surface area contributed by atoms with E-state index in [1.54, 1.807) is 11.3 Å². The molecule has 0 aliphatic heterocycles. The van der Waals surface area contributed by atoms with Gasteiger partial charge in [-0.1, -0.05) is 17.7 Å². The van der Waals surface area contributed by atoms with Gasteiger partial charge in [0.15, 0.2) is 5.96 Å². The summed E-state index contributed by atoms with van der Waals surface area (Å²) in [5, 5.41) is 6.52. The van der Waals surface area contributed by atoms with Gasteiger partial charge in [-0.25, -0.2) is 9.98 Å². The number of nitrogens with one attached hydrogen (secondary N) is 2. The molecule has 0 aliphatic carbocycles. The zero-order chi connectivity index (χ0) is 16.5. The van der Waals surface area contributed by atoms with Gasteiger partial charge in [0.25, 0.3) is 0 Å². The lowest BCUT2D eigenvalue weighted by molar-refractivity contribution is 0.322. The Bertz CT molecular complexity index is 622. The first-order valence-corrected chi connectivity index (χ1v) is 8.67. The second-order valence-corrected chi connectivity index (χ2v) is 6.08. The third-order valence-corrected chi connectivity index (χ3v) is 4.17. The molecule has 0 atom stereocenters. The predicted octanol–water partition coefficient (Wildman–Crippen LogP) is 2.89. The maximum absolute atomic E-state index is 5.71. The van der Waals surface area contributed by atoms with Crippen molar-refractivity contribution < 1.29 is 4.74 Å². The summed E-state index contributed by atoms with van der Waals surface area (Å²) in [5.41, 5.74) is 4.14. The van der Waals surface area contributed by atoms with Gasteiger partial charge in [0.2, 0.25) is 0 Å². The summed E-state index contributed by atoms with van der Waals surface area (Å²) in [6, 6.07) is 8.07. The number of guanidine groups is 1. The van der Waals surface area contributed by atoms with Crippen LogP contribution in [0.1, 0.15) is 23.1 Å². The lowest BCUT2D eigenvalue weighted by Crippen LogP contribution is -2.39. The van der Waals surface area contributed by atoms with Gasteiger partial charge in [0, 0.05) is 11.4 Å². The standard InChI is InChI=1S/C17H24N4OS/c1-4-18-17(20-11-16-14(3)21-12-23-16)19-9-10-22-15-7-5-13(2)6-8-15/h5-8,12H,4,9-11H2,1-3H3,(H2,18,19,20). The second-order valence-electron chi connectivity index (χ2n) is 5.14. The molecule has 0 spiro atoms. The Hall–Kier alpha value is -2.08. The van der Waals surface area contributed by atoms with Crippen LogP contribution in [-0.4, -0.2) is 30.6 Å². The first kappa shape index (κ1) is 17.3. The van der Waals surface area contributed by atoms with Crippen LogP contribution in [0.3, 0.4) is 0 Å². The fraction of sp³-hybridized carbons (Fsp3) is 0.412. The summed E-state index contributed by atoms with van der Waals surface area (Å²) in [5.74, 6) is 1.69. The maximum Gasteiger partial charge on any atom is 0.191 e. The summed E-state index contributed by atoms with van der Waals surface area (Å²) in [6.45, 7) is 8.88. The number of rotatable bonds is 7. The number of hydrogen-bond donors (Lipinski definition) is 2. The van der Waals surface area contributed by atoms with Crippen molar-refractivity contribution in [3.63, 3.8) is 0 Å². The maximum atomic E-state index is 5.71. The SMILES string of the molecule is CCNC(=NCc1scnc1C)NCCOc1ccc(C)cc1. The van der Waals surface area contributed by atoms with Crippen molar-refractivity contribution in [1.82, 2.24) is 15.6 Å². The molecule has 0 amide bonds. The van der Waals surface area contributed by atoms with Crippen LogP contribution in [0.15, 0.2) is 34.8 Å². The molecule has 2 aromatic rings. The van der Waals surface area contributed by atoms with Gasteiger partial charge < -0.3 is 15.4 Å². The Morgan fingerprint density at radius 2 is 2.00 bits per heavy atom. The van der Waals surface area contributed by atoms with E-state index in [4.69, 9.17) is 4.74 Å². The van der Waals surface area contributed by atoms with E-state index in [-0.39, 0.29) is 0 Å². The quantitative estimate of drug-likeness (QED) is 0.465. The van der Waals surface area contributed by atoms with E-state index in [0.717, 1.165) is 23.9 Å². The molecule has 0 saturated heterocycles.